The predicted molar refractivity (Wildman–Crippen MR) is 94.7 cm³/mol. The molecule has 0 radical (unpaired) electrons. The van der Waals surface area contributed by atoms with E-state index in [1.54, 1.807) is 4.68 Å². The quantitative estimate of drug-likeness (QED) is 0.555. The molecule has 0 aliphatic rings. The molecule has 0 aliphatic heterocycles. The summed E-state index contributed by atoms with van der Waals surface area (Å²) in [6, 6.07) is 7.17. The van der Waals surface area contributed by atoms with Gasteiger partial charge in [-0.2, -0.15) is 5.10 Å². The van der Waals surface area contributed by atoms with E-state index in [1.165, 1.54) is 30.6 Å². The highest BCUT2D eigenvalue weighted by molar-refractivity contribution is 6.31. The van der Waals surface area contributed by atoms with Gasteiger partial charge in [-0.1, -0.05) is 11.6 Å². The van der Waals surface area contributed by atoms with Crippen LogP contribution in [0.4, 0.5) is 11.5 Å². The average molecular weight is 373 g/mol. The lowest BCUT2D eigenvalue weighted by Gasteiger charge is -2.08. The Morgan fingerprint density at radius 2 is 2.00 bits per heavy atom. The molecule has 0 unspecified atom stereocenters. The number of carbonyl (C=O) groups excluding carboxylic acids is 1. The number of nitro groups is 1. The summed E-state index contributed by atoms with van der Waals surface area (Å²) >= 11 is 5.85. The molecule has 0 saturated heterocycles. The van der Waals surface area contributed by atoms with E-state index in [4.69, 9.17) is 11.6 Å². The van der Waals surface area contributed by atoms with Crippen molar-refractivity contribution in [1.82, 2.24) is 19.7 Å². The Labute approximate surface area is 152 Å². The Hall–Kier alpha value is -3.33. The van der Waals surface area contributed by atoms with Gasteiger partial charge in [-0.05, 0) is 32.0 Å². The molecule has 2 aromatic heterocycles. The molecule has 0 bridgehead atoms. The number of hydrogen-bond donors (Lipinski definition) is 1. The van der Waals surface area contributed by atoms with E-state index in [9.17, 15) is 14.9 Å². The molecule has 2 heterocycles. The number of rotatable bonds is 4. The summed E-state index contributed by atoms with van der Waals surface area (Å²) in [6.45, 7) is 3.72. The standard InChI is InChI=1S/C16H13ClN6O3/c1-9-5-10(2)22(21-9)15-7-14(18-8-19-15)20-16(24)12-6-11(17)3-4-13(12)23(25)26/h3-8H,1-2H3,(H,18,19,20,24). The van der Waals surface area contributed by atoms with Crippen LogP contribution in [-0.2, 0) is 0 Å². The molecule has 3 rings (SSSR count). The molecule has 10 heteroatoms. The van der Waals surface area contributed by atoms with Crippen molar-refractivity contribution >= 4 is 29.0 Å². The minimum absolute atomic E-state index is 0.159. The highest BCUT2D eigenvalue weighted by Crippen LogP contribution is 2.23. The Morgan fingerprint density at radius 1 is 1.23 bits per heavy atom. The Balaban J connectivity index is 1.92. The molecule has 0 aliphatic carbocycles. The number of aryl methyl sites for hydroxylation is 2. The zero-order valence-electron chi connectivity index (χ0n) is 13.8. The molecule has 132 valence electrons. The van der Waals surface area contributed by atoms with Crippen molar-refractivity contribution in [2.24, 2.45) is 0 Å². The molecule has 0 atom stereocenters. The van der Waals surface area contributed by atoms with E-state index in [2.05, 4.69) is 20.4 Å². The zero-order chi connectivity index (χ0) is 18.8. The molecular weight excluding hydrogens is 360 g/mol. The molecule has 1 amide bonds. The van der Waals surface area contributed by atoms with Gasteiger partial charge in [-0.15, -0.1) is 0 Å². The third kappa shape index (κ3) is 3.52. The van der Waals surface area contributed by atoms with Crippen LogP contribution < -0.4 is 5.32 Å². The van der Waals surface area contributed by atoms with Crippen LogP contribution in [0, 0.1) is 24.0 Å². The van der Waals surface area contributed by atoms with Crippen LogP contribution in [0.2, 0.25) is 5.02 Å². The monoisotopic (exact) mass is 372 g/mol. The number of carbonyl (C=O) groups is 1. The van der Waals surface area contributed by atoms with Crippen molar-refractivity contribution in [2.75, 3.05) is 5.32 Å². The van der Waals surface area contributed by atoms with E-state index < -0.39 is 10.8 Å². The summed E-state index contributed by atoms with van der Waals surface area (Å²) in [5.74, 6) is -0.0551. The SMILES string of the molecule is Cc1cc(C)n(-c2cc(NC(=O)c3cc(Cl)ccc3[N+](=O)[O-])ncn2)n1. The lowest BCUT2D eigenvalue weighted by molar-refractivity contribution is -0.385. The fraction of sp³-hybridized carbons (Fsp3) is 0.125. The van der Waals surface area contributed by atoms with E-state index in [0.29, 0.717) is 5.82 Å². The van der Waals surface area contributed by atoms with Crippen molar-refractivity contribution in [3.63, 3.8) is 0 Å². The molecule has 0 spiro atoms. The fourth-order valence-corrected chi connectivity index (χ4v) is 2.60. The van der Waals surface area contributed by atoms with Crippen molar-refractivity contribution in [3.8, 4) is 5.82 Å². The molecule has 3 aromatic rings. The van der Waals surface area contributed by atoms with Gasteiger partial charge in [0.05, 0.1) is 10.6 Å². The number of nitro benzene ring substituents is 1. The minimum Gasteiger partial charge on any atom is -0.306 e. The molecule has 1 N–H and O–H groups in total. The van der Waals surface area contributed by atoms with Crippen molar-refractivity contribution in [1.29, 1.82) is 0 Å². The third-order valence-electron chi connectivity index (χ3n) is 3.52. The second-order valence-electron chi connectivity index (χ2n) is 5.47. The van der Waals surface area contributed by atoms with Gasteiger partial charge in [-0.25, -0.2) is 14.6 Å². The number of amides is 1. The van der Waals surface area contributed by atoms with E-state index in [1.807, 2.05) is 19.9 Å². The van der Waals surface area contributed by atoms with Crippen molar-refractivity contribution in [3.05, 3.63) is 68.7 Å². The number of halogens is 1. The van der Waals surface area contributed by atoms with Crippen molar-refractivity contribution < 1.29 is 9.72 Å². The lowest BCUT2D eigenvalue weighted by Crippen LogP contribution is -2.15. The normalized spacial score (nSPS) is 10.6. The highest BCUT2D eigenvalue weighted by atomic mass is 35.5. The smallest absolute Gasteiger partial charge is 0.282 e. The first-order valence-electron chi connectivity index (χ1n) is 7.46. The first-order chi connectivity index (χ1) is 12.3. The van der Waals surface area contributed by atoms with E-state index in [-0.39, 0.29) is 22.1 Å². The van der Waals surface area contributed by atoms with Gasteiger partial charge in [0.1, 0.15) is 17.7 Å². The van der Waals surface area contributed by atoms with Crippen LogP contribution in [0.5, 0.6) is 0 Å². The van der Waals surface area contributed by atoms with Gasteiger partial charge in [0.25, 0.3) is 11.6 Å². The summed E-state index contributed by atoms with van der Waals surface area (Å²) in [5.41, 5.74) is 1.18. The molecule has 26 heavy (non-hydrogen) atoms. The van der Waals surface area contributed by atoms with Crippen LogP contribution in [-0.4, -0.2) is 30.6 Å². The molecular formula is C16H13ClN6O3. The fourth-order valence-electron chi connectivity index (χ4n) is 2.43. The zero-order valence-corrected chi connectivity index (χ0v) is 14.6. The van der Waals surface area contributed by atoms with Crippen molar-refractivity contribution in [2.45, 2.75) is 13.8 Å². The third-order valence-corrected chi connectivity index (χ3v) is 3.76. The summed E-state index contributed by atoms with van der Waals surface area (Å²) in [5, 5.41) is 18.2. The van der Waals surface area contributed by atoms with E-state index in [0.717, 1.165) is 11.4 Å². The van der Waals surface area contributed by atoms with Gasteiger partial charge < -0.3 is 5.32 Å². The first-order valence-corrected chi connectivity index (χ1v) is 7.84. The summed E-state index contributed by atoms with van der Waals surface area (Å²) in [4.78, 5) is 31.0. The number of anilines is 1. The van der Waals surface area contributed by atoms with Crippen LogP contribution >= 0.6 is 11.6 Å². The Morgan fingerprint density at radius 3 is 2.65 bits per heavy atom. The van der Waals surface area contributed by atoms with Gasteiger partial charge >= 0.3 is 0 Å². The van der Waals surface area contributed by atoms with Crippen LogP contribution in [0.1, 0.15) is 21.7 Å². The highest BCUT2D eigenvalue weighted by Gasteiger charge is 2.21. The lowest BCUT2D eigenvalue weighted by atomic mass is 10.1. The number of aromatic nitrogens is 4. The van der Waals surface area contributed by atoms with Gasteiger partial charge in [0.15, 0.2) is 5.82 Å². The predicted octanol–water partition coefficient (Wildman–Crippen LogP) is 3.09. The van der Waals surface area contributed by atoms with E-state index >= 15 is 0 Å². The number of hydrogen-bond acceptors (Lipinski definition) is 6. The van der Waals surface area contributed by atoms with Crippen LogP contribution in [0.15, 0.2) is 36.7 Å². The van der Waals surface area contributed by atoms with Crippen LogP contribution in [0.3, 0.4) is 0 Å². The maximum atomic E-state index is 12.5. The second kappa shape index (κ2) is 6.89. The largest absolute Gasteiger partial charge is 0.306 e. The topological polar surface area (TPSA) is 116 Å². The molecule has 9 nitrogen and oxygen atoms in total. The van der Waals surface area contributed by atoms with Gasteiger partial charge in [0, 0.05) is 22.8 Å². The Bertz CT molecular complexity index is 1020. The first kappa shape index (κ1) is 17.5. The second-order valence-corrected chi connectivity index (χ2v) is 5.91. The summed E-state index contributed by atoms with van der Waals surface area (Å²) in [6.07, 6.45) is 1.27. The van der Waals surface area contributed by atoms with Gasteiger partial charge in [-0.3, -0.25) is 14.9 Å². The van der Waals surface area contributed by atoms with Crippen LogP contribution in [0.25, 0.3) is 5.82 Å². The maximum absolute atomic E-state index is 12.5. The minimum atomic E-state index is -0.697. The van der Waals surface area contributed by atoms with Gasteiger partial charge in [0.2, 0.25) is 0 Å². The molecule has 0 fully saturated rings. The number of nitrogens with zero attached hydrogens (tertiary/aromatic N) is 5. The number of benzene rings is 1. The Kier molecular flexibility index (Phi) is 4.63. The molecule has 0 saturated carbocycles. The maximum Gasteiger partial charge on any atom is 0.282 e. The summed E-state index contributed by atoms with van der Waals surface area (Å²) in [7, 11) is 0. The average Bonchev–Trinajstić information content (AvgIpc) is 2.93. The number of nitrogens with one attached hydrogen (secondary N) is 1. The molecule has 1 aromatic carbocycles. The summed E-state index contributed by atoms with van der Waals surface area (Å²) < 4.78 is 1.61.